The molecule has 52 heavy (non-hydrogen) atoms. The van der Waals surface area contributed by atoms with Crippen LogP contribution < -0.4 is 0 Å². The lowest BCUT2D eigenvalue weighted by Gasteiger charge is -2.22. The standard InChI is InChI=1S/C46H76N2O4/c1-5-9-13-17-19-27-35-47(33-25-15-11-7-3)37-45(49)51-39-41-29-21-23-31-43(41)44-32-24-22-30-42(44)40-52-46(50)38-48(34-26-16-12-8-4)36-28-20-18-14-10-6-2/h21-24,29-32H,5-20,25-28,33-40H2,1-4H3. The molecule has 2 aromatic rings. The Hall–Kier alpha value is -2.70. The maximum atomic E-state index is 13.2. The maximum absolute atomic E-state index is 13.2. The first kappa shape index (κ1) is 45.5. The zero-order valence-corrected chi connectivity index (χ0v) is 33.9. The molecule has 0 aliphatic rings. The van der Waals surface area contributed by atoms with Gasteiger partial charge in [-0.05, 0) is 74.1 Å². The molecule has 0 saturated heterocycles. The van der Waals surface area contributed by atoms with Crippen molar-refractivity contribution in [3.63, 3.8) is 0 Å². The van der Waals surface area contributed by atoms with Gasteiger partial charge in [-0.2, -0.15) is 0 Å². The minimum Gasteiger partial charge on any atom is -0.460 e. The van der Waals surface area contributed by atoms with E-state index in [2.05, 4.69) is 49.6 Å². The van der Waals surface area contributed by atoms with Crippen LogP contribution >= 0.6 is 0 Å². The first-order valence-electron chi connectivity index (χ1n) is 21.4. The van der Waals surface area contributed by atoms with Crippen LogP contribution in [0.25, 0.3) is 11.1 Å². The topological polar surface area (TPSA) is 59.1 Å². The zero-order chi connectivity index (χ0) is 37.5. The Kier molecular flexibility index (Phi) is 26.9. The lowest BCUT2D eigenvalue weighted by atomic mass is 9.96. The molecule has 0 unspecified atom stereocenters. The van der Waals surface area contributed by atoms with Crippen molar-refractivity contribution in [2.75, 3.05) is 39.3 Å². The minimum absolute atomic E-state index is 0.168. The van der Waals surface area contributed by atoms with E-state index in [1.54, 1.807) is 0 Å². The summed E-state index contributed by atoms with van der Waals surface area (Å²) in [6, 6.07) is 16.2. The number of rotatable bonds is 33. The Balaban J connectivity index is 1.99. The molecule has 0 aliphatic heterocycles. The van der Waals surface area contributed by atoms with E-state index in [0.717, 1.165) is 74.1 Å². The van der Waals surface area contributed by atoms with Crippen molar-refractivity contribution in [2.24, 2.45) is 0 Å². The van der Waals surface area contributed by atoms with E-state index in [1.165, 1.54) is 103 Å². The van der Waals surface area contributed by atoms with E-state index >= 15 is 0 Å². The van der Waals surface area contributed by atoms with Crippen molar-refractivity contribution in [1.29, 1.82) is 0 Å². The lowest BCUT2D eigenvalue weighted by Crippen LogP contribution is -2.33. The molecule has 0 atom stereocenters. The van der Waals surface area contributed by atoms with Gasteiger partial charge < -0.3 is 9.47 Å². The Morgan fingerprint density at radius 3 is 1.06 bits per heavy atom. The van der Waals surface area contributed by atoms with Gasteiger partial charge in [-0.25, -0.2) is 0 Å². The lowest BCUT2D eigenvalue weighted by molar-refractivity contribution is -0.147. The molecule has 0 amide bonds. The van der Waals surface area contributed by atoms with Gasteiger partial charge in [0.1, 0.15) is 13.2 Å². The van der Waals surface area contributed by atoms with E-state index < -0.39 is 0 Å². The molecule has 0 fully saturated rings. The summed E-state index contributed by atoms with van der Waals surface area (Å²) in [5.74, 6) is -0.336. The van der Waals surface area contributed by atoms with E-state index in [-0.39, 0.29) is 25.2 Å². The van der Waals surface area contributed by atoms with Crippen molar-refractivity contribution in [3.8, 4) is 11.1 Å². The third-order valence-corrected chi connectivity index (χ3v) is 10.1. The third kappa shape index (κ3) is 21.1. The fourth-order valence-corrected chi connectivity index (χ4v) is 6.89. The Bertz CT molecular complexity index is 1090. The number of nitrogens with zero attached hydrogens (tertiary/aromatic N) is 2. The Morgan fingerprint density at radius 2 is 0.712 bits per heavy atom. The van der Waals surface area contributed by atoms with Crippen LogP contribution in [0.3, 0.4) is 0 Å². The van der Waals surface area contributed by atoms with Crippen molar-refractivity contribution in [3.05, 3.63) is 59.7 Å². The number of benzene rings is 2. The normalized spacial score (nSPS) is 11.4. The molecular formula is C46H76N2O4. The number of carbonyl (C=O) groups is 2. The van der Waals surface area contributed by atoms with Crippen molar-refractivity contribution in [1.82, 2.24) is 9.80 Å². The van der Waals surface area contributed by atoms with Gasteiger partial charge in [-0.1, -0.05) is 179 Å². The molecule has 294 valence electrons. The summed E-state index contributed by atoms with van der Waals surface area (Å²) in [6.07, 6.45) is 24.5. The van der Waals surface area contributed by atoms with Gasteiger partial charge >= 0.3 is 11.9 Å². The Labute approximate surface area is 319 Å². The average Bonchev–Trinajstić information content (AvgIpc) is 3.16. The number of ether oxygens (including phenoxy) is 2. The van der Waals surface area contributed by atoms with Crippen LogP contribution in [-0.2, 0) is 32.3 Å². The largest absolute Gasteiger partial charge is 0.460 e. The summed E-state index contributed by atoms with van der Waals surface area (Å²) >= 11 is 0. The summed E-state index contributed by atoms with van der Waals surface area (Å²) in [4.78, 5) is 30.9. The van der Waals surface area contributed by atoms with Crippen LogP contribution in [0.2, 0.25) is 0 Å². The highest BCUT2D eigenvalue weighted by Gasteiger charge is 2.16. The van der Waals surface area contributed by atoms with Crippen molar-refractivity contribution in [2.45, 2.75) is 169 Å². The first-order chi connectivity index (χ1) is 25.5. The van der Waals surface area contributed by atoms with Crippen molar-refractivity contribution >= 4 is 11.9 Å². The van der Waals surface area contributed by atoms with E-state index in [0.29, 0.717) is 13.1 Å². The van der Waals surface area contributed by atoms with Gasteiger partial charge in [-0.15, -0.1) is 0 Å². The predicted octanol–water partition coefficient (Wildman–Crippen LogP) is 11.9. The van der Waals surface area contributed by atoms with E-state index in [4.69, 9.17) is 9.47 Å². The van der Waals surface area contributed by atoms with Crippen LogP contribution in [0, 0.1) is 0 Å². The molecule has 0 saturated carbocycles. The predicted molar refractivity (Wildman–Crippen MR) is 219 cm³/mol. The molecule has 0 spiro atoms. The van der Waals surface area contributed by atoms with Crippen molar-refractivity contribution < 1.29 is 19.1 Å². The third-order valence-electron chi connectivity index (χ3n) is 10.1. The molecule has 0 bridgehead atoms. The second-order valence-corrected chi connectivity index (χ2v) is 14.8. The van der Waals surface area contributed by atoms with E-state index in [9.17, 15) is 9.59 Å². The number of hydrogen-bond donors (Lipinski definition) is 0. The van der Waals surface area contributed by atoms with Crippen LogP contribution in [0.4, 0.5) is 0 Å². The summed E-state index contributed by atoms with van der Waals surface area (Å²) in [5, 5.41) is 0. The van der Waals surface area contributed by atoms with Crippen LogP contribution in [0.5, 0.6) is 0 Å². The smallest absolute Gasteiger partial charge is 0.320 e. The summed E-state index contributed by atoms with van der Waals surface area (Å²) in [5.41, 5.74) is 3.92. The minimum atomic E-state index is -0.168. The fourth-order valence-electron chi connectivity index (χ4n) is 6.89. The molecule has 0 aromatic heterocycles. The molecule has 2 rings (SSSR count). The van der Waals surface area contributed by atoms with Gasteiger partial charge in [-0.3, -0.25) is 19.4 Å². The zero-order valence-electron chi connectivity index (χ0n) is 33.9. The molecule has 0 radical (unpaired) electrons. The quantitative estimate of drug-likeness (QED) is 0.0540. The second kappa shape index (κ2) is 30.7. The highest BCUT2D eigenvalue weighted by molar-refractivity contribution is 5.74. The number of carbonyl (C=O) groups excluding carboxylic acids is 2. The summed E-state index contributed by atoms with van der Waals surface area (Å²) in [7, 11) is 0. The monoisotopic (exact) mass is 721 g/mol. The van der Waals surface area contributed by atoms with Gasteiger partial charge in [0.05, 0.1) is 13.1 Å². The first-order valence-corrected chi connectivity index (χ1v) is 21.4. The fraction of sp³-hybridized carbons (Fsp3) is 0.696. The van der Waals surface area contributed by atoms with E-state index in [1.807, 2.05) is 36.4 Å². The van der Waals surface area contributed by atoms with Crippen LogP contribution in [0.15, 0.2) is 48.5 Å². The second-order valence-electron chi connectivity index (χ2n) is 14.8. The molecule has 0 heterocycles. The van der Waals surface area contributed by atoms with Crippen LogP contribution in [-0.4, -0.2) is 61.0 Å². The molecule has 6 heteroatoms. The maximum Gasteiger partial charge on any atom is 0.320 e. The van der Waals surface area contributed by atoms with Gasteiger partial charge in [0.15, 0.2) is 0 Å². The number of esters is 2. The van der Waals surface area contributed by atoms with Gasteiger partial charge in [0, 0.05) is 0 Å². The molecule has 0 N–H and O–H groups in total. The highest BCUT2D eigenvalue weighted by atomic mass is 16.5. The van der Waals surface area contributed by atoms with Gasteiger partial charge in [0.25, 0.3) is 0 Å². The van der Waals surface area contributed by atoms with Gasteiger partial charge in [0.2, 0.25) is 0 Å². The average molecular weight is 721 g/mol. The summed E-state index contributed by atoms with van der Waals surface area (Å²) < 4.78 is 11.8. The Morgan fingerprint density at radius 1 is 0.423 bits per heavy atom. The number of unbranched alkanes of at least 4 members (excludes halogenated alkanes) is 16. The molecule has 0 aliphatic carbocycles. The highest BCUT2D eigenvalue weighted by Crippen LogP contribution is 2.28. The number of hydrogen-bond acceptors (Lipinski definition) is 6. The SMILES string of the molecule is CCCCCCCCN(CCCCCC)CC(=O)OCc1ccccc1-c1ccccc1COC(=O)CN(CCCCCC)CCCCCCCC. The molecule has 6 nitrogen and oxygen atoms in total. The summed E-state index contributed by atoms with van der Waals surface area (Å²) in [6.45, 7) is 13.9. The molecular weight excluding hydrogens is 645 g/mol. The van der Waals surface area contributed by atoms with Crippen LogP contribution in [0.1, 0.15) is 167 Å². The molecule has 2 aromatic carbocycles.